The molecule has 2 aromatic carbocycles. The van der Waals surface area contributed by atoms with Gasteiger partial charge in [0, 0.05) is 17.1 Å². The molecule has 0 heterocycles. The summed E-state index contributed by atoms with van der Waals surface area (Å²) in [5.74, 6) is 0. The van der Waals surface area contributed by atoms with Crippen molar-refractivity contribution in [1.29, 1.82) is 0 Å². The number of nitrogens with one attached hydrogen (secondary N) is 1. The minimum atomic E-state index is 0.0480. The van der Waals surface area contributed by atoms with E-state index in [0.717, 1.165) is 16.5 Å². The minimum absolute atomic E-state index is 0.0480. The Kier molecular flexibility index (Phi) is 6.05. The van der Waals surface area contributed by atoms with Crippen LogP contribution in [-0.4, -0.2) is 17.8 Å². The van der Waals surface area contributed by atoms with Crippen LogP contribution in [0.15, 0.2) is 53.0 Å². The molecule has 0 saturated heterocycles. The summed E-state index contributed by atoms with van der Waals surface area (Å²) in [6.07, 6.45) is 0.812. The smallest absolute Gasteiger partial charge is 0.0587 e. The van der Waals surface area contributed by atoms with Crippen molar-refractivity contribution in [1.82, 2.24) is 5.32 Å². The van der Waals surface area contributed by atoms with Gasteiger partial charge in [-0.2, -0.15) is 0 Å². The maximum absolute atomic E-state index is 9.47. The molecule has 4 heteroatoms. The van der Waals surface area contributed by atoms with Crippen LogP contribution in [0.2, 0.25) is 5.02 Å². The highest BCUT2D eigenvalue weighted by atomic mass is 79.9. The Morgan fingerprint density at radius 1 is 1.10 bits per heavy atom. The molecule has 0 bridgehead atoms. The van der Waals surface area contributed by atoms with Crippen LogP contribution in [0, 0.1) is 0 Å². The van der Waals surface area contributed by atoms with Gasteiger partial charge in [-0.25, -0.2) is 0 Å². The minimum Gasteiger partial charge on any atom is -0.395 e. The van der Waals surface area contributed by atoms with Gasteiger partial charge in [0.05, 0.1) is 11.6 Å². The zero-order chi connectivity index (χ0) is 14.4. The predicted octanol–water partition coefficient (Wildman–Crippen LogP) is 3.80. The molecule has 0 fully saturated rings. The van der Waals surface area contributed by atoms with Crippen LogP contribution < -0.4 is 5.32 Å². The molecule has 0 aromatic heterocycles. The van der Waals surface area contributed by atoms with Gasteiger partial charge in [0.1, 0.15) is 0 Å². The SMILES string of the molecule is OC[C@@H](Cc1ccccc1)NCc1ccc(Cl)c(Br)c1. The van der Waals surface area contributed by atoms with Gasteiger partial charge in [0.25, 0.3) is 0 Å². The first-order valence-corrected chi connectivity index (χ1v) is 7.68. The fourth-order valence-corrected chi connectivity index (χ4v) is 2.56. The van der Waals surface area contributed by atoms with E-state index in [1.165, 1.54) is 5.56 Å². The molecule has 0 aliphatic carbocycles. The normalized spacial score (nSPS) is 12.3. The molecule has 1 atom stereocenters. The second-order valence-electron chi connectivity index (χ2n) is 4.70. The lowest BCUT2D eigenvalue weighted by Gasteiger charge is -2.16. The van der Waals surface area contributed by atoms with Gasteiger partial charge in [-0.15, -0.1) is 0 Å². The second-order valence-corrected chi connectivity index (χ2v) is 5.96. The van der Waals surface area contributed by atoms with Gasteiger partial charge in [-0.3, -0.25) is 0 Å². The maximum Gasteiger partial charge on any atom is 0.0587 e. The molecule has 106 valence electrons. The van der Waals surface area contributed by atoms with E-state index in [0.29, 0.717) is 11.6 Å². The van der Waals surface area contributed by atoms with Crippen LogP contribution in [-0.2, 0) is 13.0 Å². The van der Waals surface area contributed by atoms with E-state index in [1.807, 2.05) is 36.4 Å². The van der Waals surface area contributed by atoms with Crippen molar-refractivity contribution in [3.63, 3.8) is 0 Å². The summed E-state index contributed by atoms with van der Waals surface area (Å²) in [6, 6.07) is 16.1. The van der Waals surface area contributed by atoms with Crippen LogP contribution in [0.25, 0.3) is 0 Å². The second kappa shape index (κ2) is 7.79. The first-order chi connectivity index (χ1) is 9.69. The highest BCUT2D eigenvalue weighted by Gasteiger charge is 2.08. The van der Waals surface area contributed by atoms with Crippen LogP contribution in [0.3, 0.4) is 0 Å². The largest absolute Gasteiger partial charge is 0.395 e. The third-order valence-electron chi connectivity index (χ3n) is 3.12. The third kappa shape index (κ3) is 4.60. The Morgan fingerprint density at radius 3 is 2.50 bits per heavy atom. The first kappa shape index (κ1) is 15.5. The zero-order valence-corrected chi connectivity index (χ0v) is 13.4. The van der Waals surface area contributed by atoms with Crippen molar-refractivity contribution in [3.8, 4) is 0 Å². The monoisotopic (exact) mass is 353 g/mol. The number of rotatable bonds is 6. The molecule has 2 aromatic rings. The van der Waals surface area contributed by atoms with Crippen molar-refractivity contribution in [2.24, 2.45) is 0 Å². The summed E-state index contributed by atoms with van der Waals surface area (Å²) in [5, 5.41) is 13.5. The van der Waals surface area contributed by atoms with E-state index >= 15 is 0 Å². The lowest BCUT2D eigenvalue weighted by atomic mass is 10.1. The molecule has 0 unspecified atom stereocenters. The van der Waals surface area contributed by atoms with E-state index in [2.05, 4.69) is 33.4 Å². The molecule has 0 saturated carbocycles. The van der Waals surface area contributed by atoms with E-state index in [9.17, 15) is 5.11 Å². The molecule has 2 rings (SSSR count). The molecule has 2 N–H and O–H groups in total. The number of aliphatic hydroxyl groups is 1. The summed E-state index contributed by atoms with van der Waals surface area (Å²) >= 11 is 9.39. The van der Waals surface area contributed by atoms with Crippen molar-refractivity contribution in [3.05, 3.63) is 69.2 Å². The fourth-order valence-electron chi connectivity index (χ4n) is 2.01. The quantitative estimate of drug-likeness (QED) is 0.827. The Balaban J connectivity index is 1.92. The van der Waals surface area contributed by atoms with E-state index in [-0.39, 0.29) is 12.6 Å². The van der Waals surface area contributed by atoms with Crippen molar-refractivity contribution in [2.45, 2.75) is 19.0 Å². The standard InChI is InChI=1S/C16H17BrClNO/c17-15-9-13(6-7-16(15)18)10-19-14(11-20)8-12-4-2-1-3-5-12/h1-7,9,14,19-20H,8,10-11H2/t14-/m1/s1. The first-order valence-electron chi connectivity index (χ1n) is 6.51. The summed E-state index contributed by atoms with van der Waals surface area (Å²) in [6.45, 7) is 0.817. The number of halogens is 2. The summed E-state index contributed by atoms with van der Waals surface area (Å²) in [7, 11) is 0. The van der Waals surface area contributed by atoms with E-state index < -0.39 is 0 Å². The van der Waals surface area contributed by atoms with E-state index in [1.54, 1.807) is 0 Å². The Hall–Kier alpha value is -0.870. The number of benzene rings is 2. The molecular weight excluding hydrogens is 338 g/mol. The molecule has 0 spiro atoms. The number of aliphatic hydroxyl groups excluding tert-OH is 1. The van der Waals surface area contributed by atoms with Gasteiger partial charge in [0.2, 0.25) is 0 Å². The van der Waals surface area contributed by atoms with Gasteiger partial charge in [0.15, 0.2) is 0 Å². The molecular formula is C16H17BrClNO. The predicted molar refractivity (Wildman–Crippen MR) is 87.0 cm³/mol. The number of hydrogen-bond donors (Lipinski definition) is 2. The Bertz CT molecular complexity index is 547. The van der Waals surface area contributed by atoms with Crippen molar-refractivity contribution >= 4 is 27.5 Å². The van der Waals surface area contributed by atoms with Crippen molar-refractivity contribution < 1.29 is 5.11 Å². The highest BCUT2D eigenvalue weighted by molar-refractivity contribution is 9.10. The van der Waals surface area contributed by atoms with Gasteiger partial charge < -0.3 is 10.4 Å². The lowest BCUT2D eigenvalue weighted by Crippen LogP contribution is -2.34. The summed E-state index contributed by atoms with van der Waals surface area (Å²) in [4.78, 5) is 0. The summed E-state index contributed by atoms with van der Waals surface area (Å²) in [5.41, 5.74) is 2.35. The van der Waals surface area contributed by atoms with Crippen LogP contribution >= 0.6 is 27.5 Å². The maximum atomic E-state index is 9.47. The van der Waals surface area contributed by atoms with E-state index in [4.69, 9.17) is 11.6 Å². The third-order valence-corrected chi connectivity index (χ3v) is 4.34. The molecule has 2 nitrogen and oxygen atoms in total. The average Bonchev–Trinajstić information content (AvgIpc) is 2.48. The van der Waals surface area contributed by atoms with Crippen LogP contribution in [0.4, 0.5) is 0 Å². The number of hydrogen-bond acceptors (Lipinski definition) is 2. The van der Waals surface area contributed by atoms with Gasteiger partial charge in [-0.05, 0) is 45.6 Å². The topological polar surface area (TPSA) is 32.3 Å². The molecule has 0 aliphatic heterocycles. The Morgan fingerprint density at radius 2 is 1.85 bits per heavy atom. The van der Waals surface area contributed by atoms with Gasteiger partial charge >= 0.3 is 0 Å². The molecule has 0 aliphatic rings. The zero-order valence-electron chi connectivity index (χ0n) is 11.0. The average molecular weight is 355 g/mol. The molecule has 0 radical (unpaired) electrons. The fraction of sp³-hybridized carbons (Fsp3) is 0.250. The van der Waals surface area contributed by atoms with Gasteiger partial charge in [-0.1, -0.05) is 48.0 Å². The van der Waals surface area contributed by atoms with Crippen LogP contribution in [0.5, 0.6) is 0 Å². The van der Waals surface area contributed by atoms with Crippen molar-refractivity contribution in [2.75, 3.05) is 6.61 Å². The summed E-state index contributed by atoms with van der Waals surface area (Å²) < 4.78 is 0.891. The highest BCUT2D eigenvalue weighted by Crippen LogP contribution is 2.23. The lowest BCUT2D eigenvalue weighted by molar-refractivity contribution is 0.241. The molecule has 0 amide bonds. The molecule has 20 heavy (non-hydrogen) atoms. The van der Waals surface area contributed by atoms with Crippen LogP contribution in [0.1, 0.15) is 11.1 Å². The Labute approximate surface area is 132 Å².